The van der Waals surface area contributed by atoms with Gasteiger partial charge in [0.15, 0.2) is 0 Å². The quantitative estimate of drug-likeness (QED) is 0.242. The molecule has 1 aliphatic rings. The van der Waals surface area contributed by atoms with Crippen LogP contribution >= 0.6 is 23.4 Å². The zero-order chi connectivity index (χ0) is 18.4. The Kier molecular flexibility index (Phi) is 6.60. The number of amides is 5. The molecule has 132 valence electrons. The Morgan fingerprint density at radius 2 is 1.80 bits per heavy atom. The summed E-state index contributed by atoms with van der Waals surface area (Å²) in [6, 6.07) is 6.49. The van der Waals surface area contributed by atoms with E-state index in [9.17, 15) is 19.2 Å². The molecule has 5 amide bonds. The second-order valence-electron chi connectivity index (χ2n) is 5.03. The molecule has 25 heavy (non-hydrogen) atoms. The Bertz CT molecular complexity index is 708. The molecule has 0 atom stereocenters. The maximum Gasteiger partial charge on any atom is 0.335 e. The van der Waals surface area contributed by atoms with Crippen LogP contribution in [0.5, 0.6) is 0 Å². The molecule has 2 rings (SSSR count). The lowest BCUT2D eigenvalue weighted by Crippen LogP contribution is -2.42. The van der Waals surface area contributed by atoms with Gasteiger partial charge >= 0.3 is 17.8 Å². The number of nitrogens with one attached hydrogen (secondary N) is 1. The molecule has 0 saturated carbocycles. The minimum Gasteiger partial charge on any atom is -0.354 e. The van der Waals surface area contributed by atoms with Crippen LogP contribution in [-0.2, 0) is 14.4 Å². The standard InChI is InChI=1S/C16H16ClN3O4S/c1-2-8-19-14(22)15(23)20(16(19)24)10-13(21)18-7-9-25-12-5-3-11(17)4-6-12/h2-6H,1,7-10H2,(H,18,21). The van der Waals surface area contributed by atoms with E-state index in [2.05, 4.69) is 11.9 Å². The average molecular weight is 382 g/mol. The van der Waals surface area contributed by atoms with Gasteiger partial charge < -0.3 is 5.32 Å². The van der Waals surface area contributed by atoms with Crippen molar-refractivity contribution in [3.63, 3.8) is 0 Å². The van der Waals surface area contributed by atoms with Gasteiger partial charge in [0.1, 0.15) is 6.54 Å². The Morgan fingerprint density at radius 1 is 1.16 bits per heavy atom. The highest BCUT2D eigenvalue weighted by atomic mass is 35.5. The van der Waals surface area contributed by atoms with Crippen molar-refractivity contribution in [2.45, 2.75) is 4.90 Å². The molecule has 1 aromatic rings. The van der Waals surface area contributed by atoms with Crippen molar-refractivity contribution in [1.82, 2.24) is 15.1 Å². The summed E-state index contributed by atoms with van der Waals surface area (Å²) in [6.45, 7) is 3.22. The van der Waals surface area contributed by atoms with Gasteiger partial charge in [-0.15, -0.1) is 18.3 Å². The highest BCUT2D eigenvalue weighted by Gasteiger charge is 2.44. The number of urea groups is 1. The SMILES string of the molecule is C=CCN1C(=O)C(=O)N(CC(=O)NCCSc2ccc(Cl)cc2)C1=O. The molecule has 0 aromatic heterocycles. The van der Waals surface area contributed by atoms with E-state index in [1.54, 1.807) is 12.1 Å². The van der Waals surface area contributed by atoms with Crippen LogP contribution < -0.4 is 5.32 Å². The van der Waals surface area contributed by atoms with E-state index in [1.165, 1.54) is 17.8 Å². The number of imide groups is 2. The largest absolute Gasteiger partial charge is 0.354 e. The fraction of sp³-hybridized carbons (Fsp3) is 0.250. The minimum atomic E-state index is -1.00. The van der Waals surface area contributed by atoms with Crippen LogP contribution in [0.15, 0.2) is 41.8 Å². The number of hydrogen-bond acceptors (Lipinski definition) is 5. The number of nitrogens with zero attached hydrogens (tertiary/aromatic N) is 2. The number of hydrogen-bond donors (Lipinski definition) is 1. The van der Waals surface area contributed by atoms with E-state index in [0.29, 0.717) is 22.2 Å². The van der Waals surface area contributed by atoms with E-state index in [-0.39, 0.29) is 6.54 Å². The number of benzene rings is 1. The van der Waals surface area contributed by atoms with Crippen molar-refractivity contribution < 1.29 is 19.2 Å². The lowest BCUT2D eigenvalue weighted by Gasteiger charge is -2.14. The number of carbonyl (C=O) groups is 4. The number of rotatable bonds is 8. The molecule has 1 fully saturated rings. The van der Waals surface area contributed by atoms with Gasteiger partial charge in [0.05, 0.1) is 0 Å². The highest BCUT2D eigenvalue weighted by Crippen LogP contribution is 2.19. The summed E-state index contributed by atoms with van der Waals surface area (Å²) >= 11 is 7.33. The van der Waals surface area contributed by atoms with Crippen LogP contribution in [0.2, 0.25) is 5.02 Å². The smallest absolute Gasteiger partial charge is 0.335 e. The molecule has 0 unspecified atom stereocenters. The zero-order valence-corrected chi connectivity index (χ0v) is 14.8. The second-order valence-corrected chi connectivity index (χ2v) is 6.64. The molecule has 1 saturated heterocycles. The minimum absolute atomic E-state index is 0.0702. The van der Waals surface area contributed by atoms with E-state index in [1.807, 2.05) is 12.1 Å². The van der Waals surface area contributed by atoms with Gasteiger partial charge in [0.25, 0.3) is 0 Å². The first-order valence-corrected chi connectivity index (χ1v) is 8.73. The maximum atomic E-state index is 12.0. The van der Waals surface area contributed by atoms with Crippen molar-refractivity contribution in [3.05, 3.63) is 41.9 Å². The molecule has 1 N–H and O–H groups in total. The molecule has 9 heteroatoms. The average Bonchev–Trinajstić information content (AvgIpc) is 2.78. The molecular weight excluding hydrogens is 366 g/mol. The summed E-state index contributed by atoms with van der Waals surface area (Å²) in [5.41, 5.74) is 0. The van der Waals surface area contributed by atoms with Gasteiger partial charge in [0, 0.05) is 28.8 Å². The molecule has 0 spiro atoms. The molecule has 0 radical (unpaired) electrons. The van der Waals surface area contributed by atoms with Crippen LogP contribution in [0.1, 0.15) is 0 Å². The summed E-state index contributed by atoms with van der Waals surface area (Å²) in [5, 5.41) is 3.26. The fourth-order valence-corrected chi connectivity index (χ4v) is 2.96. The van der Waals surface area contributed by atoms with Crippen LogP contribution in [0.4, 0.5) is 4.79 Å². The lowest BCUT2D eigenvalue weighted by atomic mass is 10.4. The monoisotopic (exact) mass is 381 g/mol. The fourth-order valence-electron chi connectivity index (χ4n) is 2.07. The first kappa shape index (κ1) is 19.0. The molecule has 1 aliphatic heterocycles. The summed E-state index contributed by atoms with van der Waals surface area (Å²) in [5.74, 6) is -1.85. The van der Waals surface area contributed by atoms with Crippen LogP contribution in [0.3, 0.4) is 0 Å². The third-order valence-corrected chi connectivity index (χ3v) is 4.52. The van der Waals surface area contributed by atoms with E-state index < -0.39 is 30.3 Å². The van der Waals surface area contributed by atoms with Gasteiger partial charge in [0.2, 0.25) is 5.91 Å². The summed E-state index contributed by atoms with van der Waals surface area (Å²) in [7, 11) is 0. The Labute approximate surface area is 154 Å². The predicted molar refractivity (Wildman–Crippen MR) is 94.2 cm³/mol. The molecule has 1 aromatic carbocycles. The number of carbonyl (C=O) groups excluding carboxylic acids is 4. The molecule has 0 aliphatic carbocycles. The summed E-state index contributed by atoms with van der Waals surface area (Å²) < 4.78 is 0. The van der Waals surface area contributed by atoms with Gasteiger partial charge in [-0.1, -0.05) is 17.7 Å². The maximum absolute atomic E-state index is 12.0. The van der Waals surface area contributed by atoms with Gasteiger partial charge in [-0.3, -0.25) is 19.3 Å². The van der Waals surface area contributed by atoms with Crippen molar-refractivity contribution >= 4 is 47.1 Å². The van der Waals surface area contributed by atoms with Crippen LogP contribution in [0.25, 0.3) is 0 Å². The molecule has 7 nitrogen and oxygen atoms in total. The van der Waals surface area contributed by atoms with E-state index in [4.69, 9.17) is 11.6 Å². The van der Waals surface area contributed by atoms with Crippen molar-refractivity contribution in [2.24, 2.45) is 0 Å². The van der Waals surface area contributed by atoms with Gasteiger partial charge in [-0.25, -0.2) is 9.69 Å². The summed E-state index contributed by atoms with van der Waals surface area (Å²) in [4.78, 5) is 49.7. The first-order chi connectivity index (χ1) is 11.9. The number of halogens is 1. The molecule has 1 heterocycles. The summed E-state index contributed by atoms with van der Waals surface area (Å²) in [6.07, 6.45) is 1.33. The van der Waals surface area contributed by atoms with Crippen molar-refractivity contribution in [1.29, 1.82) is 0 Å². The number of thioether (sulfide) groups is 1. The zero-order valence-electron chi connectivity index (χ0n) is 13.2. The topological polar surface area (TPSA) is 86.8 Å². The molecular formula is C16H16ClN3O4S. The van der Waals surface area contributed by atoms with Crippen molar-refractivity contribution in [2.75, 3.05) is 25.4 Å². The normalized spacial score (nSPS) is 14.2. The van der Waals surface area contributed by atoms with E-state index in [0.717, 1.165) is 9.80 Å². The van der Waals surface area contributed by atoms with Crippen molar-refractivity contribution in [3.8, 4) is 0 Å². The Morgan fingerprint density at radius 3 is 2.44 bits per heavy atom. The van der Waals surface area contributed by atoms with Crippen LogP contribution in [-0.4, -0.2) is 58.9 Å². The third kappa shape index (κ3) is 4.83. The first-order valence-electron chi connectivity index (χ1n) is 7.37. The van der Waals surface area contributed by atoms with Crippen LogP contribution in [0, 0.1) is 0 Å². The molecule has 0 bridgehead atoms. The van der Waals surface area contributed by atoms with E-state index >= 15 is 0 Å². The highest BCUT2D eigenvalue weighted by molar-refractivity contribution is 7.99. The van der Waals surface area contributed by atoms with Gasteiger partial charge in [-0.05, 0) is 24.3 Å². The second kappa shape index (κ2) is 8.68. The Hall–Kier alpha value is -2.32. The third-order valence-electron chi connectivity index (χ3n) is 3.26. The predicted octanol–water partition coefficient (Wildman–Crippen LogP) is 1.53. The Balaban J connectivity index is 1.77. The van der Waals surface area contributed by atoms with Gasteiger partial charge in [-0.2, -0.15) is 0 Å². The lowest BCUT2D eigenvalue weighted by molar-refractivity contribution is -0.143.